The number of piperidine rings is 1. The second kappa shape index (κ2) is 7.95. The first-order valence-corrected chi connectivity index (χ1v) is 9.81. The first-order chi connectivity index (χ1) is 11.6. The number of likely N-dealkylation sites (tertiary alicyclic amines) is 1. The van der Waals surface area contributed by atoms with Crippen molar-refractivity contribution < 1.29 is 14.6 Å². The van der Waals surface area contributed by atoms with Crippen molar-refractivity contribution in [2.24, 2.45) is 0 Å². The zero-order valence-corrected chi connectivity index (χ0v) is 15.3. The van der Waals surface area contributed by atoms with E-state index >= 15 is 0 Å². The number of hydrogen-bond acceptors (Lipinski definition) is 5. The van der Waals surface area contributed by atoms with E-state index in [1.807, 2.05) is 0 Å². The lowest BCUT2D eigenvalue weighted by molar-refractivity contribution is -0.0921. The van der Waals surface area contributed by atoms with Crippen LogP contribution < -0.4 is 5.32 Å². The average Bonchev–Trinajstić information content (AvgIpc) is 3.03. The molecule has 1 fully saturated rings. The number of fused-ring (bicyclic) bond motifs is 2. The van der Waals surface area contributed by atoms with Gasteiger partial charge in [-0.2, -0.15) is 0 Å². The molecule has 1 amide bonds. The van der Waals surface area contributed by atoms with Crippen LogP contribution in [0.25, 0.3) is 0 Å². The van der Waals surface area contributed by atoms with E-state index in [1.54, 1.807) is 11.3 Å². The highest BCUT2D eigenvalue weighted by Crippen LogP contribution is 2.45. The maximum absolute atomic E-state index is 12.4. The zero-order chi connectivity index (χ0) is 17.0. The van der Waals surface area contributed by atoms with E-state index in [0.29, 0.717) is 6.54 Å². The number of nitrogens with one attached hydrogen (secondary N) is 1. The van der Waals surface area contributed by atoms with Crippen LogP contribution in [0.3, 0.4) is 0 Å². The van der Waals surface area contributed by atoms with Gasteiger partial charge in [-0.15, -0.1) is 11.3 Å². The summed E-state index contributed by atoms with van der Waals surface area (Å²) in [5.41, 5.74) is 1.14. The summed E-state index contributed by atoms with van der Waals surface area (Å²) in [7, 11) is 2.15. The van der Waals surface area contributed by atoms with Gasteiger partial charge in [0.15, 0.2) is 0 Å². The monoisotopic (exact) mass is 352 g/mol. The molecule has 1 aromatic rings. The molecule has 3 rings (SSSR count). The van der Waals surface area contributed by atoms with Crippen molar-refractivity contribution in [3.8, 4) is 0 Å². The van der Waals surface area contributed by atoms with Crippen molar-refractivity contribution in [1.82, 2.24) is 10.2 Å². The fourth-order valence-electron chi connectivity index (χ4n) is 3.59. The van der Waals surface area contributed by atoms with Gasteiger partial charge in [0.25, 0.3) is 5.91 Å². The van der Waals surface area contributed by atoms with Crippen LogP contribution in [0.2, 0.25) is 0 Å². The summed E-state index contributed by atoms with van der Waals surface area (Å²) in [6.45, 7) is 3.75. The Hall–Kier alpha value is -0.950. The Labute approximate surface area is 148 Å². The molecule has 5 nitrogen and oxygen atoms in total. The van der Waals surface area contributed by atoms with Crippen molar-refractivity contribution in [1.29, 1.82) is 0 Å². The van der Waals surface area contributed by atoms with Gasteiger partial charge in [-0.3, -0.25) is 4.79 Å². The van der Waals surface area contributed by atoms with Crippen LogP contribution in [0.5, 0.6) is 0 Å². The largest absolute Gasteiger partial charge is 0.396 e. The molecule has 2 aliphatic heterocycles. The number of carbonyl (C=O) groups excluding carboxylic acids is 1. The Balaban J connectivity index is 1.65. The quantitative estimate of drug-likeness (QED) is 0.770. The van der Waals surface area contributed by atoms with Gasteiger partial charge in [-0.05, 0) is 57.2 Å². The molecule has 2 N–H and O–H groups in total. The smallest absolute Gasteiger partial charge is 0.261 e. The average molecular weight is 353 g/mol. The lowest BCUT2D eigenvalue weighted by Gasteiger charge is -2.42. The second-order valence-corrected chi connectivity index (χ2v) is 7.95. The lowest BCUT2D eigenvalue weighted by Crippen LogP contribution is -2.44. The van der Waals surface area contributed by atoms with E-state index in [9.17, 15) is 4.79 Å². The minimum atomic E-state index is -0.162. The summed E-state index contributed by atoms with van der Waals surface area (Å²) in [6, 6.07) is 2.08. The number of unbranched alkanes of at least 4 members (excludes halogenated alkanes) is 2. The van der Waals surface area contributed by atoms with Gasteiger partial charge in [0.1, 0.15) is 5.60 Å². The third kappa shape index (κ3) is 3.82. The predicted molar refractivity (Wildman–Crippen MR) is 95.7 cm³/mol. The van der Waals surface area contributed by atoms with Gasteiger partial charge in [0.2, 0.25) is 0 Å². The third-order valence-corrected chi connectivity index (χ3v) is 6.47. The predicted octanol–water partition coefficient (Wildman–Crippen LogP) is 2.13. The number of aliphatic hydroxyl groups excluding tert-OH is 1. The normalized spacial score (nSPS) is 20.1. The number of aliphatic hydroxyl groups is 1. The number of amides is 1. The standard InChI is InChI=1S/C18H28N2O3S/c1-20-9-6-18(7-10-20)16-14(5-12-23-18)13-15(24-16)17(22)19-8-3-2-4-11-21/h13,21H,2-12H2,1H3,(H,19,22). The van der Waals surface area contributed by atoms with Gasteiger partial charge in [-0.1, -0.05) is 0 Å². The van der Waals surface area contributed by atoms with Gasteiger partial charge >= 0.3 is 0 Å². The van der Waals surface area contributed by atoms with Gasteiger partial charge in [0.05, 0.1) is 11.5 Å². The molecule has 0 aromatic carbocycles. The molecule has 3 heterocycles. The van der Waals surface area contributed by atoms with Gasteiger partial charge < -0.3 is 20.1 Å². The number of hydrogen-bond donors (Lipinski definition) is 2. The molecule has 0 aliphatic carbocycles. The summed E-state index contributed by atoms with van der Waals surface area (Å²) in [5, 5.41) is 11.8. The highest BCUT2D eigenvalue weighted by Gasteiger charge is 2.42. The fraction of sp³-hybridized carbons (Fsp3) is 0.722. The first-order valence-electron chi connectivity index (χ1n) is 8.99. The Bertz CT molecular complexity index is 565. The van der Waals surface area contributed by atoms with Crippen LogP contribution in [0.4, 0.5) is 0 Å². The van der Waals surface area contributed by atoms with Crippen LogP contribution in [0.15, 0.2) is 6.07 Å². The molecule has 24 heavy (non-hydrogen) atoms. The van der Waals surface area contributed by atoms with Crippen molar-refractivity contribution in [3.63, 3.8) is 0 Å². The van der Waals surface area contributed by atoms with E-state index in [-0.39, 0.29) is 18.1 Å². The number of nitrogens with zero attached hydrogens (tertiary/aromatic N) is 1. The molecule has 2 aliphatic rings. The van der Waals surface area contributed by atoms with E-state index in [1.165, 1.54) is 10.4 Å². The minimum absolute atomic E-state index is 0.0291. The summed E-state index contributed by atoms with van der Waals surface area (Å²) in [5.74, 6) is 0.0291. The molecule has 0 unspecified atom stereocenters. The Kier molecular flexibility index (Phi) is 5.92. The number of carbonyl (C=O) groups is 1. The van der Waals surface area contributed by atoms with Crippen LogP contribution in [-0.2, 0) is 16.8 Å². The fourth-order valence-corrected chi connectivity index (χ4v) is 4.91. The van der Waals surface area contributed by atoms with Crippen LogP contribution in [0, 0.1) is 0 Å². The Morgan fingerprint density at radius 1 is 1.38 bits per heavy atom. The molecule has 1 saturated heterocycles. The number of thiophene rings is 1. The molecular weight excluding hydrogens is 324 g/mol. The molecule has 1 spiro atoms. The summed E-state index contributed by atoms with van der Waals surface area (Å²) >= 11 is 1.62. The first kappa shape index (κ1) is 17.9. The van der Waals surface area contributed by atoms with Crippen LogP contribution in [-0.4, -0.2) is 55.8 Å². The maximum atomic E-state index is 12.4. The second-order valence-electron chi connectivity index (χ2n) is 6.90. The van der Waals surface area contributed by atoms with Crippen molar-refractivity contribution in [3.05, 3.63) is 21.4 Å². The highest BCUT2D eigenvalue weighted by molar-refractivity contribution is 7.14. The summed E-state index contributed by atoms with van der Waals surface area (Å²) in [4.78, 5) is 16.9. The highest BCUT2D eigenvalue weighted by atomic mass is 32.1. The SMILES string of the molecule is CN1CCC2(CC1)OCCc1cc(C(=O)NCCCCCO)sc12. The van der Waals surface area contributed by atoms with E-state index in [4.69, 9.17) is 9.84 Å². The molecule has 134 valence electrons. The molecule has 0 bridgehead atoms. The van der Waals surface area contributed by atoms with Crippen LogP contribution >= 0.6 is 11.3 Å². The molecule has 0 radical (unpaired) electrons. The maximum Gasteiger partial charge on any atom is 0.261 e. The summed E-state index contributed by atoms with van der Waals surface area (Å²) < 4.78 is 6.23. The molecule has 0 atom stereocenters. The van der Waals surface area contributed by atoms with E-state index < -0.39 is 0 Å². The number of rotatable bonds is 6. The van der Waals surface area contributed by atoms with Crippen molar-refractivity contribution in [2.75, 3.05) is 39.9 Å². The third-order valence-electron chi connectivity index (χ3n) is 5.11. The van der Waals surface area contributed by atoms with E-state index in [0.717, 1.165) is 63.1 Å². The summed E-state index contributed by atoms with van der Waals surface area (Å²) in [6.07, 6.45) is 5.60. The molecular formula is C18H28N2O3S. The van der Waals surface area contributed by atoms with Crippen molar-refractivity contribution >= 4 is 17.2 Å². The van der Waals surface area contributed by atoms with E-state index in [2.05, 4.69) is 23.3 Å². The van der Waals surface area contributed by atoms with Crippen molar-refractivity contribution in [2.45, 2.75) is 44.1 Å². The topological polar surface area (TPSA) is 61.8 Å². The van der Waals surface area contributed by atoms with Gasteiger partial charge in [-0.25, -0.2) is 0 Å². The van der Waals surface area contributed by atoms with Gasteiger partial charge in [0, 0.05) is 31.1 Å². The number of ether oxygens (including phenoxy) is 1. The molecule has 6 heteroatoms. The van der Waals surface area contributed by atoms with Crippen LogP contribution in [0.1, 0.15) is 52.2 Å². The minimum Gasteiger partial charge on any atom is -0.396 e. The molecule has 0 saturated carbocycles. The molecule has 1 aromatic heterocycles. The lowest BCUT2D eigenvalue weighted by atomic mass is 9.85. The Morgan fingerprint density at radius 3 is 2.92 bits per heavy atom. The zero-order valence-electron chi connectivity index (χ0n) is 14.5. The Morgan fingerprint density at radius 2 is 2.17 bits per heavy atom.